The molecule has 0 aromatic carbocycles. The van der Waals surface area contributed by atoms with Crippen molar-refractivity contribution in [1.82, 2.24) is 9.88 Å². The van der Waals surface area contributed by atoms with Crippen molar-refractivity contribution in [3.05, 3.63) is 23.9 Å². The van der Waals surface area contributed by atoms with Crippen molar-refractivity contribution in [3.63, 3.8) is 0 Å². The minimum Gasteiger partial charge on any atom is -0.481 e. The van der Waals surface area contributed by atoms with Crippen LogP contribution in [0.2, 0.25) is 0 Å². The molecule has 0 aliphatic carbocycles. The average Bonchev–Trinajstić information content (AvgIpc) is 2.90. The standard InChI is InChI=1S/C13H18N2O2/c1-17-13-11(5-4-8-14-13)6-7-12(16)15-9-2-3-10-15/h4-5,8H,2-3,6-7,9-10H2,1H3. The highest BCUT2D eigenvalue weighted by molar-refractivity contribution is 5.76. The van der Waals surface area contributed by atoms with Gasteiger partial charge in [-0.15, -0.1) is 0 Å². The maximum atomic E-state index is 11.9. The van der Waals surface area contributed by atoms with Gasteiger partial charge >= 0.3 is 0 Å². The first-order valence-electron chi connectivity index (χ1n) is 6.07. The molecule has 0 N–H and O–H groups in total. The van der Waals surface area contributed by atoms with E-state index < -0.39 is 0 Å². The van der Waals surface area contributed by atoms with Crippen molar-refractivity contribution in [2.45, 2.75) is 25.7 Å². The molecule has 1 aromatic rings. The molecule has 1 aliphatic rings. The summed E-state index contributed by atoms with van der Waals surface area (Å²) in [5, 5.41) is 0. The number of amides is 1. The Morgan fingerprint density at radius 2 is 2.24 bits per heavy atom. The van der Waals surface area contributed by atoms with E-state index in [0.29, 0.717) is 18.7 Å². The maximum Gasteiger partial charge on any atom is 0.222 e. The lowest BCUT2D eigenvalue weighted by atomic mass is 10.1. The van der Waals surface area contributed by atoms with Crippen LogP contribution >= 0.6 is 0 Å². The molecule has 1 amide bonds. The third-order valence-electron chi connectivity index (χ3n) is 3.11. The fourth-order valence-electron chi connectivity index (χ4n) is 2.16. The minimum absolute atomic E-state index is 0.244. The zero-order valence-corrected chi connectivity index (χ0v) is 10.2. The molecular weight excluding hydrogens is 216 g/mol. The molecule has 2 rings (SSSR count). The van der Waals surface area contributed by atoms with Gasteiger partial charge in [0.25, 0.3) is 0 Å². The van der Waals surface area contributed by atoms with Crippen molar-refractivity contribution in [1.29, 1.82) is 0 Å². The fraction of sp³-hybridized carbons (Fsp3) is 0.538. The summed E-state index contributed by atoms with van der Waals surface area (Å²) in [6.45, 7) is 1.84. The van der Waals surface area contributed by atoms with Gasteiger partial charge in [0, 0.05) is 31.3 Å². The largest absolute Gasteiger partial charge is 0.481 e. The molecule has 0 atom stereocenters. The Hall–Kier alpha value is -1.58. The molecular formula is C13H18N2O2. The molecule has 1 aromatic heterocycles. The number of aromatic nitrogens is 1. The molecule has 1 fully saturated rings. The highest BCUT2D eigenvalue weighted by Crippen LogP contribution is 2.17. The van der Waals surface area contributed by atoms with E-state index in [-0.39, 0.29) is 5.91 Å². The topological polar surface area (TPSA) is 42.4 Å². The zero-order chi connectivity index (χ0) is 12.1. The van der Waals surface area contributed by atoms with E-state index in [2.05, 4.69) is 4.98 Å². The van der Waals surface area contributed by atoms with E-state index in [9.17, 15) is 4.79 Å². The van der Waals surface area contributed by atoms with Crippen LogP contribution in [0.15, 0.2) is 18.3 Å². The Bertz CT molecular complexity index is 387. The van der Waals surface area contributed by atoms with Gasteiger partial charge in [-0.3, -0.25) is 4.79 Å². The lowest BCUT2D eigenvalue weighted by molar-refractivity contribution is -0.130. The third kappa shape index (κ3) is 2.96. The Labute approximate surface area is 102 Å². The highest BCUT2D eigenvalue weighted by Gasteiger charge is 2.17. The van der Waals surface area contributed by atoms with Gasteiger partial charge in [-0.2, -0.15) is 0 Å². The monoisotopic (exact) mass is 234 g/mol. The summed E-state index contributed by atoms with van der Waals surface area (Å²) in [5.41, 5.74) is 1.00. The number of ether oxygens (including phenoxy) is 1. The number of likely N-dealkylation sites (tertiary alicyclic amines) is 1. The molecule has 1 aliphatic heterocycles. The molecule has 4 heteroatoms. The fourth-order valence-corrected chi connectivity index (χ4v) is 2.16. The van der Waals surface area contributed by atoms with Crippen LogP contribution in [0, 0.1) is 0 Å². The summed E-state index contributed by atoms with van der Waals surface area (Å²) in [5.74, 6) is 0.870. The average molecular weight is 234 g/mol. The molecule has 0 unspecified atom stereocenters. The Morgan fingerprint density at radius 3 is 2.94 bits per heavy atom. The molecule has 0 spiro atoms. The number of rotatable bonds is 4. The van der Waals surface area contributed by atoms with Crippen molar-refractivity contribution in [2.75, 3.05) is 20.2 Å². The van der Waals surface area contributed by atoms with E-state index >= 15 is 0 Å². The number of aryl methyl sites for hydroxylation is 1. The van der Waals surface area contributed by atoms with Crippen LogP contribution in [0.3, 0.4) is 0 Å². The van der Waals surface area contributed by atoms with E-state index in [1.165, 1.54) is 0 Å². The van der Waals surface area contributed by atoms with E-state index in [4.69, 9.17) is 4.74 Å². The van der Waals surface area contributed by atoms with Gasteiger partial charge in [-0.05, 0) is 25.3 Å². The Morgan fingerprint density at radius 1 is 1.47 bits per heavy atom. The minimum atomic E-state index is 0.244. The second-order valence-electron chi connectivity index (χ2n) is 4.26. The number of carbonyl (C=O) groups excluding carboxylic acids is 1. The maximum absolute atomic E-state index is 11.9. The zero-order valence-electron chi connectivity index (χ0n) is 10.2. The molecule has 0 radical (unpaired) electrons. The SMILES string of the molecule is COc1ncccc1CCC(=O)N1CCCC1. The van der Waals surface area contributed by atoms with Crippen LogP contribution < -0.4 is 4.74 Å². The van der Waals surface area contributed by atoms with Gasteiger partial charge in [0.05, 0.1) is 7.11 Å². The molecule has 17 heavy (non-hydrogen) atoms. The van der Waals surface area contributed by atoms with Gasteiger partial charge in [-0.1, -0.05) is 6.07 Å². The quantitative estimate of drug-likeness (QED) is 0.795. The second-order valence-corrected chi connectivity index (χ2v) is 4.26. The number of methoxy groups -OCH3 is 1. The van der Waals surface area contributed by atoms with Gasteiger partial charge in [0.1, 0.15) is 0 Å². The summed E-state index contributed by atoms with van der Waals surface area (Å²) in [6, 6.07) is 3.83. The summed E-state index contributed by atoms with van der Waals surface area (Å²) < 4.78 is 5.17. The smallest absolute Gasteiger partial charge is 0.222 e. The number of nitrogens with zero attached hydrogens (tertiary/aromatic N) is 2. The summed E-state index contributed by atoms with van der Waals surface area (Å²) in [4.78, 5) is 18.0. The first kappa shape index (κ1) is 11.9. The predicted octanol–water partition coefficient (Wildman–Crippen LogP) is 1.65. The van der Waals surface area contributed by atoms with Crippen molar-refractivity contribution in [2.24, 2.45) is 0 Å². The summed E-state index contributed by atoms with van der Waals surface area (Å²) >= 11 is 0. The first-order chi connectivity index (χ1) is 8.31. The number of carbonyl (C=O) groups is 1. The normalized spacial score (nSPS) is 15.0. The van der Waals surface area contributed by atoms with Gasteiger partial charge < -0.3 is 9.64 Å². The summed E-state index contributed by atoms with van der Waals surface area (Å²) in [7, 11) is 1.61. The Balaban J connectivity index is 1.90. The number of hydrogen-bond acceptors (Lipinski definition) is 3. The van der Waals surface area contributed by atoms with Crippen LogP contribution in [-0.4, -0.2) is 36.0 Å². The molecule has 4 nitrogen and oxygen atoms in total. The van der Waals surface area contributed by atoms with Gasteiger partial charge in [0.15, 0.2) is 0 Å². The van der Waals surface area contributed by atoms with Crippen molar-refractivity contribution < 1.29 is 9.53 Å². The van der Waals surface area contributed by atoms with Crippen LogP contribution in [0.5, 0.6) is 5.88 Å². The third-order valence-corrected chi connectivity index (χ3v) is 3.11. The highest BCUT2D eigenvalue weighted by atomic mass is 16.5. The van der Waals surface area contributed by atoms with Crippen molar-refractivity contribution in [3.8, 4) is 5.88 Å². The van der Waals surface area contributed by atoms with E-state index in [1.54, 1.807) is 13.3 Å². The molecule has 0 saturated carbocycles. The van der Waals surface area contributed by atoms with E-state index in [1.807, 2.05) is 17.0 Å². The lowest BCUT2D eigenvalue weighted by Gasteiger charge is -2.15. The molecule has 92 valence electrons. The Kier molecular flexibility index (Phi) is 3.96. The second kappa shape index (κ2) is 5.66. The molecule has 2 heterocycles. The van der Waals surface area contributed by atoms with E-state index in [0.717, 1.165) is 31.5 Å². The van der Waals surface area contributed by atoms with Crippen LogP contribution in [0.25, 0.3) is 0 Å². The van der Waals surface area contributed by atoms with Gasteiger partial charge in [0.2, 0.25) is 11.8 Å². The predicted molar refractivity (Wildman–Crippen MR) is 64.9 cm³/mol. The number of hydrogen-bond donors (Lipinski definition) is 0. The molecule has 1 saturated heterocycles. The van der Waals surface area contributed by atoms with Gasteiger partial charge in [-0.25, -0.2) is 4.98 Å². The first-order valence-corrected chi connectivity index (χ1v) is 6.07. The van der Waals surface area contributed by atoms with Crippen LogP contribution in [-0.2, 0) is 11.2 Å². The van der Waals surface area contributed by atoms with Crippen LogP contribution in [0.4, 0.5) is 0 Å². The summed E-state index contributed by atoms with van der Waals surface area (Å²) in [6.07, 6.45) is 5.23. The number of pyridine rings is 1. The lowest BCUT2D eigenvalue weighted by Crippen LogP contribution is -2.27. The molecule has 0 bridgehead atoms. The van der Waals surface area contributed by atoms with Crippen LogP contribution in [0.1, 0.15) is 24.8 Å². The van der Waals surface area contributed by atoms with Crippen molar-refractivity contribution >= 4 is 5.91 Å².